The van der Waals surface area contributed by atoms with Gasteiger partial charge in [0.25, 0.3) is 0 Å². The molecule has 104 valence electrons. The predicted octanol–water partition coefficient (Wildman–Crippen LogP) is 2.00. The van der Waals surface area contributed by atoms with E-state index in [0.717, 1.165) is 19.4 Å². The van der Waals surface area contributed by atoms with E-state index in [-0.39, 0.29) is 5.75 Å². The number of hydrazone groups is 1. The lowest BCUT2D eigenvalue weighted by atomic mass is 10.2. The summed E-state index contributed by atoms with van der Waals surface area (Å²) in [5, 5.41) is 17.3. The van der Waals surface area contributed by atoms with Crippen molar-refractivity contribution in [3.05, 3.63) is 23.8 Å². The Bertz CT molecular complexity index is 450. The molecular weight excluding hydrogens is 262 g/mol. The van der Waals surface area contributed by atoms with Gasteiger partial charge in [-0.3, -0.25) is 5.43 Å². The summed E-state index contributed by atoms with van der Waals surface area (Å²) < 4.78 is 5.01. The average Bonchev–Trinajstić information content (AvgIpc) is 2.41. The lowest BCUT2D eigenvalue weighted by Gasteiger charge is -2.06. The molecule has 0 bridgehead atoms. The van der Waals surface area contributed by atoms with Crippen LogP contribution in [-0.4, -0.2) is 30.1 Å². The molecule has 0 radical (unpaired) electrons. The van der Waals surface area contributed by atoms with Crippen molar-refractivity contribution < 1.29 is 9.84 Å². The van der Waals surface area contributed by atoms with Crippen LogP contribution in [0.25, 0.3) is 0 Å². The van der Waals surface area contributed by atoms with Crippen molar-refractivity contribution in [2.24, 2.45) is 5.10 Å². The highest BCUT2D eigenvalue weighted by atomic mass is 32.1. The highest BCUT2D eigenvalue weighted by Gasteiger charge is 2.04. The van der Waals surface area contributed by atoms with E-state index in [9.17, 15) is 5.11 Å². The molecule has 0 heterocycles. The molecule has 6 heteroatoms. The van der Waals surface area contributed by atoms with Crippen molar-refractivity contribution in [3.8, 4) is 11.5 Å². The SMILES string of the molecule is CCCCNC(=S)N/N=C/c1cccc(OC)c1O. The monoisotopic (exact) mass is 281 g/mol. The highest BCUT2D eigenvalue weighted by Crippen LogP contribution is 2.27. The molecule has 3 N–H and O–H groups in total. The molecule has 0 aliphatic heterocycles. The Morgan fingerprint density at radius 3 is 3.00 bits per heavy atom. The molecule has 0 aliphatic rings. The zero-order valence-electron chi connectivity index (χ0n) is 11.1. The van der Waals surface area contributed by atoms with E-state index in [2.05, 4.69) is 22.8 Å². The second-order valence-corrected chi connectivity index (χ2v) is 4.29. The summed E-state index contributed by atoms with van der Waals surface area (Å²) in [6.45, 7) is 2.93. The third-order valence-electron chi connectivity index (χ3n) is 2.44. The van der Waals surface area contributed by atoms with Crippen molar-refractivity contribution in [1.82, 2.24) is 10.7 Å². The number of thiocarbonyl (C=S) groups is 1. The summed E-state index contributed by atoms with van der Waals surface area (Å²) in [6, 6.07) is 5.19. The van der Waals surface area contributed by atoms with Gasteiger partial charge in [-0.05, 0) is 30.8 Å². The van der Waals surface area contributed by atoms with Crippen LogP contribution >= 0.6 is 12.2 Å². The highest BCUT2D eigenvalue weighted by molar-refractivity contribution is 7.80. The zero-order valence-corrected chi connectivity index (χ0v) is 12.0. The number of rotatable bonds is 6. The number of phenolic OH excluding ortho intramolecular Hbond substituents is 1. The summed E-state index contributed by atoms with van der Waals surface area (Å²) in [4.78, 5) is 0. The number of hydrogen-bond acceptors (Lipinski definition) is 4. The maximum absolute atomic E-state index is 9.83. The second-order valence-electron chi connectivity index (χ2n) is 3.88. The first-order chi connectivity index (χ1) is 9.19. The third kappa shape index (κ3) is 5.13. The topological polar surface area (TPSA) is 65.9 Å². The number of hydrogen-bond donors (Lipinski definition) is 3. The van der Waals surface area contributed by atoms with E-state index >= 15 is 0 Å². The van der Waals surface area contributed by atoms with E-state index in [0.29, 0.717) is 16.4 Å². The van der Waals surface area contributed by atoms with Crippen LogP contribution in [0.15, 0.2) is 23.3 Å². The Morgan fingerprint density at radius 2 is 2.32 bits per heavy atom. The minimum atomic E-state index is 0.0559. The molecule has 0 atom stereocenters. The fourth-order valence-electron chi connectivity index (χ4n) is 1.39. The Morgan fingerprint density at radius 1 is 1.53 bits per heavy atom. The van der Waals surface area contributed by atoms with Gasteiger partial charge in [-0.15, -0.1) is 0 Å². The molecular formula is C13H19N3O2S. The molecule has 0 spiro atoms. The molecule has 0 saturated heterocycles. The number of nitrogens with zero attached hydrogens (tertiary/aromatic N) is 1. The number of ether oxygens (including phenoxy) is 1. The van der Waals surface area contributed by atoms with Gasteiger partial charge in [0.05, 0.1) is 13.3 Å². The van der Waals surface area contributed by atoms with Gasteiger partial charge in [0, 0.05) is 12.1 Å². The van der Waals surface area contributed by atoms with Crippen LogP contribution < -0.4 is 15.5 Å². The fraction of sp³-hybridized carbons (Fsp3) is 0.385. The molecule has 1 aromatic carbocycles. The number of unbranched alkanes of at least 4 members (excludes halogenated alkanes) is 1. The molecule has 5 nitrogen and oxygen atoms in total. The first-order valence-electron chi connectivity index (χ1n) is 6.12. The van der Waals surface area contributed by atoms with Gasteiger partial charge in [-0.1, -0.05) is 19.4 Å². The van der Waals surface area contributed by atoms with Gasteiger partial charge >= 0.3 is 0 Å². The van der Waals surface area contributed by atoms with Crippen LogP contribution in [0.1, 0.15) is 25.3 Å². The first-order valence-corrected chi connectivity index (χ1v) is 6.52. The van der Waals surface area contributed by atoms with E-state index in [1.54, 1.807) is 18.2 Å². The van der Waals surface area contributed by atoms with E-state index in [1.165, 1.54) is 13.3 Å². The van der Waals surface area contributed by atoms with Crippen LogP contribution in [0.5, 0.6) is 11.5 Å². The maximum atomic E-state index is 9.83. The van der Waals surface area contributed by atoms with Crippen LogP contribution in [0, 0.1) is 0 Å². The Labute approximate surface area is 118 Å². The number of aromatic hydroxyl groups is 1. The van der Waals surface area contributed by atoms with Crippen LogP contribution in [0.4, 0.5) is 0 Å². The average molecular weight is 281 g/mol. The summed E-state index contributed by atoms with van der Waals surface area (Å²) in [6.07, 6.45) is 3.66. The van der Waals surface area contributed by atoms with Gasteiger partial charge in [0.1, 0.15) is 0 Å². The number of benzene rings is 1. The number of nitrogens with one attached hydrogen (secondary N) is 2. The zero-order chi connectivity index (χ0) is 14.1. The molecule has 0 amide bonds. The molecule has 0 fully saturated rings. The number of methoxy groups -OCH3 is 1. The molecule has 0 unspecified atom stereocenters. The smallest absolute Gasteiger partial charge is 0.186 e. The van der Waals surface area contributed by atoms with E-state index in [4.69, 9.17) is 17.0 Å². The maximum Gasteiger partial charge on any atom is 0.186 e. The van der Waals surface area contributed by atoms with E-state index in [1.807, 2.05) is 0 Å². The van der Waals surface area contributed by atoms with Crippen molar-refractivity contribution in [2.75, 3.05) is 13.7 Å². The van der Waals surface area contributed by atoms with Gasteiger partial charge in [-0.25, -0.2) is 0 Å². The Hall–Kier alpha value is -1.82. The van der Waals surface area contributed by atoms with Gasteiger partial charge < -0.3 is 15.2 Å². The molecule has 0 aromatic heterocycles. The summed E-state index contributed by atoms with van der Waals surface area (Å²) in [7, 11) is 1.50. The van der Waals surface area contributed by atoms with Gasteiger partial charge in [0.15, 0.2) is 16.6 Å². The van der Waals surface area contributed by atoms with Crippen LogP contribution in [-0.2, 0) is 0 Å². The van der Waals surface area contributed by atoms with Crippen LogP contribution in [0.2, 0.25) is 0 Å². The fourth-order valence-corrected chi connectivity index (χ4v) is 1.54. The second kappa shape index (κ2) is 8.31. The first kappa shape index (κ1) is 15.2. The molecule has 0 saturated carbocycles. The normalized spacial score (nSPS) is 10.4. The van der Waals surface area contributed by atoms with Crippen LogP contribution in [0.3, 0.4) is 0 Å². The van der Waals surface area contributed by atoms with Crippen molar-refractivity contribution in [3.63, 3.8) is 0 Å². The summed E-state index contributed by atoms with van der Waals surface area (Å²) in [5.41, 5.74) is 3.25. The lowest BCUT2D eigenvalue weighted by molar-refractivity contribution is 0.373. The lowest BCUT2D eigenvalue weighted by Crippen LogP contribution is -2.32. The molecule has 1 aromatic rings. The minimum Gasteiger partial charge on any atom is -0.504 e. The third-order valence-corrected chi connectivity index (χ3v) is 2.67. The van der Waals surface area contributed by atoms with Gasteiger partial charge in [-0.2, -0.15) is 5.10 Å². The number of phenols is 1. The molecule has 1 rings (SSSR count). The van der Waals surface area contributed by atoms with E-state index < -0.39 is 0 Å². The Balaban J connectivity index is 2.51. The molecule has 0 aliphatic carbocycles. The van der Waals surface area contributed by atoms with Crippen molar-refractivity contribution >= 4 is 23.5 Å². The predicted molar refractivity (Wildman–Crippen MR) is 80.9 cm³/mol. The largest absolute Gasteiger partial charge is 0.504 e. The minimum absolute atomic E-state index is 0.0559. The van der Waals surface area contributed by atoms with Crippen molar-refractivity contribution in [1.29, 1.82) is 0 Å². The van der Waals surface area contributed by atoms with Crippen molar-refractivity contribution in [2.45, 2.75) is 19.8 Å². The summed E-state index contributed by atoms with van der Waals surface area (Å²) in [5.74, 6) is 0.466. The Kier molecular flexibility index (Phi) is 6.67. The van der Waals surface area contributed by atoms with Gasteiger partial charge in [0.2, 0.25) is 0 Å². The quantitative estimate of drug-likeness (QED) is 0.322. The molecule has 19 heavy (non-hydrogen) atoms. The number of para-hydroxylation sites is 1. The standard InChI is InChI=1S/C13H19N3O2S/c1-3-4-8-14-13(19)16-15-9-10-6-5-7-11(18-2)12(10)17/h5-7,9,17H,3-4,8H2,1-2H3,(H2,14,16,19)/b15-9+. The summed E-state index contributed by atoms with van der Waals surface area (Å²) >= 11 is 5.04.